The summed E-state index contributed by atoms with van der Waals surface area (Å²) in [6.45, 7) is 5.75. The fourth-order valence-corrected chi connectivity index (χ4v) is 3.52. The summed E-state index contributed by atoms with van der Waals surface area (Å²) in [6.07, 6.45) is 3.61. The minimum Gasteiger partial charge on any atom is -0.369 e. The molecule has 0 aromatic carbocycles. The van der Waals surface area contributed by atoms with E-state index in [2.05, 4.69) is 33.6 Å². The van der Waals surface area contributed by atoms with Crippen LogP contribution < -0.4 is 10.6 Å². The number of anilines is 2. The number of hydrogen-bond acceptors (Lipinski definition) is 6. The van der Waals surface area contributed by atoms with Crippen molar-refractivity contribution in [1.82, 2.24) is 9.97 Å². The molecule has 116 valence electrons. The third-order valence-corrected chi connectivity index (χ3v) is 5.06. The average Bonchev–Trinajstić information content (AvgIpc) is 2.86. The van der Waals surface area contributed by atoms with Crippen molar-refractivity contribution in [3.05, 3.63) is 10.9 Å². The average molecular weight is 326 g/mol. The quantitative estimate of drug-likeness (QED) is 0.730. The molecule has 0 radical (unpaired) electrons. The van der Waals surface area contributed by atoms with Gasteiger partial charge in [0.05, 0.1) is 5.39 Å². The highest BCUT2D eigenvalue weighted by Crippen LogP contribution is 2.30. The molecule has 1 unspecified atom stereocenters. The lowest BCUT2D eigenvalue weighted by Crippen LogP contribution is -2.09. The van der Waals surface area contributed by atoms with Gasteiger partial charge in [-0.3, -0.25) is 4.21 Å². The Labute approximate surface area is 132 Å². The second kappa shape index (κ2) is 7.70. The fourth-order valence-electron chi connectivity index (χ4n) is 2.00. The van der Waals surface area contributed by atoms with Gasteiger partial charge in [-0.2, -0.15) is 4.98 Å². The molecule has 2 aromatic rings. The second-order valence-electron chi connectivity index (χ2n) is 4.77. The number of thiophene rings is 1. The molecule has 0 saturated heterocycles. The molecule has 0 aliphatic heterocycles. The van der Waals surface area contributed by atoms with E-state index in [1.807, 2.05) is 6.92 Å². The van der Waals surface area contributed by atoms with Crippen LogP contribution in [0.25, 0.3) is 10.2 Å². The first-order valence-corrected chi connectivity index (χ1v) is 9.76. The maximum Gasteiger partial charge on any atom is 0.226 e. The Hall–Kier alpha value is -1.21. The van der Waals surface area contributed by atoms with Crippen molar-refractivity contribution < 1.29 is 4.21 Å². The molecule has 2 rings (SSSR count). The lowest BCUT2D eigenvalue weighted by molar-refractivity contribution is 0.685. The molecule has 2 heterocycles. The van der Waals surface area contributed by atoms with Crippen LogP contribution in [0.2, 0.25) is 0 Å². The summed E-state index contributed by atoms with van der Waals surface area (Å²) in [5.74, 6) is 2.25. The van der Waals surface area contributed by atoms with Crippen LogP contribution in [0.15, 0.2) is 6.07 Å². The van der Waals surface area contributed by atoms with Crippen molar-refractivity contribution >= 4 is 44.1 Å². The Morgan fingerprint density at radius 3 is 2.76 bits per heavy atom. The first kappa shape index (κ1) is 16.2. The minimum absolute atomic E-state index is 0.663. The molecular formula is C14H22N4OS2. The minimum atomic E-state index is -0.738. The van der Waals surface area contributed by atoms with Crippen molar-refractivity contribution in [3.63, 3.8) is 0 Å². The molecule has 7 heteroatoms. The molecule has 0 spiro atoms. The smallest absolute Gasteiger partial charge is 0.226 e. The van der Waals surface area contributed by atoms with Crippen molar-refractivity contribution in [2.75, 3.05) is 35.7 Å². The zero-order chi connectivity index (χ0) is 15.2. The maximum atomic E-state index is 11.1. The van der Waals surface area contributed by atoms with Gasteiger partial charge in [-0.25, -0.2) is 4.98 Å². The Morgan fingerprint density at radius 2 is 2.10 bits per heavy atom. The van der Waals surface area contributed by atoms with E-state index < -0.39 is 10.8 Å². The number of hydrogen-bond donors (Lipinski definition) is 2. The van der Waals surface area contributed by atoms with Crippen LogP contribution in [-0.2, 0) is 17.2 Å². The number of nitrogens with one attached hydrogen (secondary N) is 2. The van der Waals surface area contributed by atoms with Gasteiger partial charge in [0.15, 0.2) is 0 Å². The summed E-state index contributed by atoms with van der Waals surface area (Å²) < 4.78 is 11.1. The molecule has 0 saturated carbocycles. The van der Waals surface area contributed by atoms with Gasteiger partial charge in [-0.05, 0) is 25.8 Å². The third kappa shape index (κ3) is 4.38. The number of aromatic nitrogens is 2. The van der Waals surface area contributed by atoms with E-state index in [1.165, 1.54) is 4.88 Å². The second-order valence-corrected chi connectivity index (χ2v) is 7.44. The normalized spacial score (nSPS) is 12.5. The largest absolute Gasteiger partial charge is 0.369 e. The summed E-state index contributed by atoms with van der Waals surface area (Å²) >= 11 is 1.72. The van der Waals surface area contributed by atoms with E-state index in [9.17, 15) is 4.21 Å². The third-order valence-electron chi connectivity index (χ3n) is 3.03. The summed E-state index contributed by atoms with van der Waals surface area (Å²) in [6, 6.07) is 2.16. The van der Waals surface area contributed by atoms with Crippen molar-refractivity contribution in [3.8, 4) is 0 Å². The lowest BCUT2D eigenvalue weighted by Gasteiger charge is -2.08. The van der Waals surface area contributed by atoms with E-state index in [1.54, 1.807) is 17.6 Å². The van der Waals surface area contributed by atoms with Gasteiger partial charge in [0, 0.05) is 40.8 Å². The van der Waals surface area contributed by atoms with Gasteiger partial charge in [-0.1, -0.05) is 6.92 Å². The molecular weight excluding hydrogens is 304 g/mol. The Morgan fingerprint density at radius 1 is 1.29 bits per heavy atom. The van der Waals surface area contributed by atoms with Crippen LogP contribution in [-0.4, -0.2) is 39.3 Å². The Balaban J connectivity index is 2.21. The first-order valence-electron chi connectivity index (χ1n) is 7.22. The summed E-state index contributed by atoms with van der Waals surface area (Å²) in [5, 5.41) is 7.61. The van der Waals surface area contributed by atoms with Crippen LogP contribution in [0.3, 0.4) is 0 Å². The van der Waals surface area contributed by atoms with E-state index >= 15 is 0 Å². The summed E-state index contributed by atoms with van der Waals surface area (Å²) in [5.41, 5.74) is 0. The first-order chi connectivity index (χ1) is 10.1. The Kier molecular flexibility index (Phi) is 5.93. The molecule has 0 aliphatic rings. The van der Waals surface area contributed by atoms with E-state index in [0.29, 0.717) is 11.7 Å². The fraction of sp³-hybridized carbons (Fsp3) is 0.571. The molecule has 0 amide bonds. The molecule has 0 aliphatic carbocycles. The van der Waals surface area contributed by atoms with Crippen LogP contribution in [0, 0.1) is 0 Å². The van der Waals surface area contributed by atoms with E-state index in [0.717, 1.165) is 42.0 Å². The lowest BCUT2D eigenvalue weighted by atomic mass is 10.3. The molecule has 2 N–H and O–H groups in total. The Bertz CT molecular complexity index is 627. The maximum absolute atomic E-state index is 11.1. The molecule has 0 fully saturated rings. The van der Waals surface area contributed by atoms with Gasteiger partial charge in [0.1, 0.15) is 10.6 Å². The SMILES string of the molecule is CCNc1nc(NCCCS(C)=O)c2cc(CC)sc2n1. The van der Waals surface area contributed by atoms with Crippen LogP contribution in [0.1, 0.15) is 25.1 Å². The monoisotopic (exact) mass is 326 g/mol. The predicted molar refractivity (Wildman–Crippen MR) is 93.0 cm³/mol. The summed E-state index contributed by atoms with van der Waals surface area (Å²) in [4.78, 5) is 11.4. The molecule has 21 heavy (non-hydrogen) atoms. The van der Waals surface area contributed by atoms with Crippen molar-refractivity contribution in [1.29, 1.82) is 0 Å². The molecule has 0 bridgehead atoms. The summed E-state index contributed by atoms with van der Waals surface area (Å²) in [7, 11) is -0.738. The van der Waals surface area contributed by atoms with Gasteiger partial charge in [-0.15, -0.1) is 11.3 Å². The van der Waals surface area contributed by atoms with E-state index in [4.69, 9.17) is 0 Å². The number of fused-ring (bicyclic) bond motifs is 1. The highest BCUT2D eigenvalue weighted by atomic mass is 32.2. The number of nitrogens with zero attached hydrogens (tertiary/aromatic N) is 2. The number of rotatable bonds is 8. The van der Waals surface area contributed by atoms with Gasteiger partial charge in [0.25, 0.3) is 0 Å². The van der Waals surface area contributed by atoms with Crippen molar-refractivity contribution in [2.45, 2.75) is 26.7 Å². The predicted octanol–water partition coefficient (Wildman–Crippen LogP) is 2.87. The van der Waals surface area contributed by atoms with Crippen molar-refractivity contribution in [2.24, 2.45) is 0 Å². The molecule has 5 nitrogen and oxygen atoms in total. The van der Waals surface area contributed by atoms with Crippen LogP contribution >= 0.6 is 11.3 Å². The molecule has 1 atom stereocenters. The highest BCUT2D eigenvalue weighted by Gasteiger charge is 2.10. The molecule has 2 aromatic heterocycles. The van der Waals surface area contributed by atoms with Gasteiger partial charge < -0.3 is 10.6 Å². The zero-order valence-corrected chi connectivity index (χ0v) is 14.4. The van der Waals surface area contributed by atoms with Gasteiger partial charge in [0.2, 0.25) is 5.95 Å². The highest BCUT2D eigenvalue weighted by molar-refractivity contribution is 7.84. The zero-order valence-electron chi connectivity index (χ0n) is 12.7. The van der Waals surface area contributed by atoms with Gasteiger partial charge >= 0.3 is 0 Å². The van der Waals surface area contributed by atoms with Crippen LogP contribution in [0.4, 0.5) is 11.8 Å². The standard InChI is InChI=1S/C14H22N4OS2/c1-4-10-9-11-12(16-7-6-8-21(3)19)17-14(15-5-2)18-13(11)20-10/h9H,4-8H2,1-3H3,(H2,15,16,17,18). The van der Waals surface area contributed by atoms with Crippen LogP contribution in [0.5, 0.6) is 0 Å². The topological polar surface area (TPSA) is 66.9 Å². The van der Waals surface area contributed by atoms with E-state index in [-0.39, 0.29) is 0 Å². The number of aryl methyl sites for hydroxylation is 1.